The first kappa shape index (κ1) is 45.7. The van der Waals surface area contributed by atoms with Gasteiger partial charge in [0.25, 0.3) is 13.4 Å². The summed E-state index contributed by atoms with van der Waals surface area (Å²) in [6.07, 6.45) is 2.08. The molecule has 6 heteroatoms. The highest BCUT2D eigenvalue weighted by molar-refractivity contribution is 7.02. The summed E-state index contributed by atoms with van der Waals surface area (Å²) in [5.74, 6) is 4.35. The number of aromatic nitrogens is 2. The van der Waals surface area contributed by atoms with Crippen molar-refractivity contribution in [2.24, 2.45) is 0 Å². The smallest absolute Gasteiger partial charge is 0.256 e. The van der Waals surface area contributed by atoms with Gasteiger partial charge in [0.15, 0.2) is 0 Å². The molecule has 0 fully saturated rings. The first-order chi connectivity index (χ1) is 39.4. The van der Waals surface area contributed by atoms with Crippen LogP contribution in [0.5, 0.6) is 23.0 Å². The molecule has 0 aliphatic carbocycles. The molecule has 0 amide bonds. The molecule has 80 heavy (non-hydrogen) atoms. The van der Waals surface area contributed by atoms with Crippen LogP contribution in [0.15, 0.2) is 218 Å². The van der Waals surface area contributed by atoms with Gasteiger partial charge in [0.2, 0.25) is 0 Å². The molecule has 0 radical (unpaired) electrons. The number of rotatable bonds is 8. The Morgan fingerprint density at radius 1 is 0.350 bits per heavy atom. The molecule has 4 aliphatic heterocycles. The van der Waals surface area contributed by atoms with E-state index in [9.17, 15) is 0 Å². The predicted molar refractivity (Wildman–Crippen MR) is 337 cm³/mol. The number of hydrogen-bond donors (Lipinski definition) is 0. The Bertz CT molecular complexity index is 4470. The third kappa shape index (κ3) is 6.36. The third-order valence-corrected chi connectivity index (χ3v) is 18.8. The summed E-state index contributed by atoms with van der Waals surface area (Å²) in [5.41, 5.74) is 26.3. The molecule has 0 spiro atoms. The van der Waals surface area contributed by atoms with Gasteiger partial charge in [-0.05, 0) is 151 Å². The summed E-state index contributed by atoms with van der Waals surface area (Å²) < 4.78 is 20.9. The van der Waals surface area contributed by atoms with E-state index in [0.29, 0.717) is 11.8 Å². The fourth-order valence-corrected chi connectivity index (χ4v) is 14.4. The lowest BCUT2D eigenvalue weighted by molar-refractivity contribution is 0.472. The van der Waals surface area contributed by atoms with E-state index in [2.05, 4.69) is 255 Å². The molecule has 17 rings (SSSR count). The van der Waals surface area contributed by atoms with Gasteiger partial charge in [-0.15, -0.1) is 0 Å². The fraction of sp³-hybridized carbons (Fsp3) is 0.108. The molecular formula is C74H54B2N2O2. The highest BCUT2D eigenvalue weighted by Gasteiger charge is 2.51. The van der Waals surface area contributed by atoms with Crippen molar-refractivity contribution in [1.82, 2.24) is 9.13 Å². The van der Waals surface area contributed by atoms with Crippen LogP contribution < -0.4 is 42.3 Å². The van der Waals surface area contributed by atoms with Crippen LogP contribution in [-0.4, -0.2) is 22.6 Å². The fourth-order valence-electron chi connectivity index (χ4n) is 14.4. The number of nitrogens with zero attached hydrogens (tertiary/aromatic N) is 2. The van der Waals surface area contributed by atoms with E-state index in [0.717, 1.165) is 69.2 Å². The molecular weight excluding hydrogens is 970 g/mol. The van der Waals surface area contributed by atoms with Crippen LogP contribution in [0, 0.1) is 0 Å². The zero-order valence-electron chi connectivity index (χ0n) is 45.2. The molecule has 2 atom stereocenters. The van der Waals surface area contributed by atoms with E-state index in [-0.39, 0.29) is 13.4 Å². The van der Waals surface area contributed by atoms with Crippen molar-refractivity contribution in [3.05, 3.63) is 230 Å². The highest BCUT2D eigenvalue weighted by atomic mass is 16.5. The van der Waals surface area contributed by atoms with E-state index >= 15 is 0 Å². The SMILES string of the molecule is CCC(C)c1ccc2c(c1)B1c3c(c4c5c(c3-n3c6ccc(-c7ccccc7)cc6c6cc(-c7ccccc7)cc1c63)Oc1ccc(C(C)CC)cc1B5c1cc(-c3ccccc3)cc3c5cc(-c6ccccc6)ccc5n-4c13)O2. The standard InChI is InChI=1S/C74H54B2N2O2/c1-5-43(3)49-29-33-65-59(39-49)75-61-41-53(47-23-15-9-16-24-47)37-57-55-35-51(45-19-11-7-12-20-45)27-31-63(55)77(69(57)61)71-67(75)73(79-65)72-68-74(71)80-66-34-30-50(44(4)6-2)40-60(66)76(68)62-42-54(48-25-17-10-18-26-48)38-58-56-36-52(46-21-13-8-14-22-46)28-32-64(56)78(72)70(58)62/h7-44H,5-6H2,1-4H3. The van der Waals surface area contributed by atoms with Gasteiger partial charge in [-0.3, -0.25) is 0 Å². The van der Waals surface area contributed by atoms with Crippen molar-refractivity contribution in [1.29, 1.82) is 0 Å². The Hall–Kier alpha value is -9.25. The van der Waals surface area contributed by atoms with Crippen LogP contribution in [0.2, 0.25) is 0 Å². The monoisotopic (exact) mass is 1020 g/mol. The first-order valence-electron chi connectivity index (χ1n) is 28.8. The van der Waals surface area contributed by atoms with Gasteiger partial charge in [-0.1, -0.05) is 198 Å². The number of benzene rings is 11. The maximum absolute atomic E-state index is 7.88. The summed E-state index contributed by atoms with van der Waals surface area (Å²) in [6, 6.07) is 81.9. The summed E-state index contributed by atoms with van der Waals surface area (Å²) in [5, 5.41) is 4.88. The van der Waals surface area contributed by atoms with Gasteiger partial charge in [-0.25, -0.2) is 0 Å². The predicted octanol–water partition coefficient (Wildman–Crippen LogP) is 15.4. The van der Waals surface area contributed by atoms with Gasteiger partial charge in [0.05, 0.1) is 22.4 Å². The lowest BCUT2D eigenvalue weighted by Crippen LogP contribution is -2.63. The van der Waals surface area contributed by atoms with Crippen molar-refractivity contribution in [3.8, 4) is 78.9 Å². The maximum Gasteiger partial charge on any atom is 0.256 e. The van der Waals surface area contributed by atoms with Crippen molar-refractivity contribution < 1.29 is 9.47 Å². The van der Waals surface area contributed by atoms with Crippen molar-refractivity contribution in [3.63, 3.8) is 0 Å². The third-order valence-electron chi connectivity index (χ3n) is 18.8. The van der Waals surface area contributed by atoms with Crippen molar-refractivity contribution in [2.45, 2.75) is 52.4 Å². The average molecular weight is 1020 g/mol. The van der Waals surface area contributed by atoms with Crippen molar-refractivity contribution >= 4 is 89.8 Å². The largest absolute Gasteiger partial charge is 0.456 e. The highest BCUT2D eigenvalue weighted by Crippen LogP contribution is 2.50. The lowest BCUT2D eigenvalue weighted by Gasteiger charge is -2.41. The van der Waals surface area contributed by atoms with Crippen LogP contribution in [-0.2, 0) is 0 Å². The Labute approximate surface area is 466 Å². The Morgan fingerprint density at radius 3 is 1.09 bits per heavy atom. The van der Waals surface area contributed by atoms with Crippen LogP contribution in [0.25, 0.3) is 99.5 Å². The number of hydrogen-bond acceptors (Lipinski definition) is 2. The number of ether oxygens (including phenoxy) is 2. The molecule has 13 aromatic rings. The van der Waals surface area contributed by atoms with E-state index in [1.807, 2.05) is 0 Å². The molecule has 0 saturated carbocycles. The molecule has 2 unspecified atom stereocenters. The van der Waals surface area contributed by atoms with E-state index < -0.39 is 0 Å². The molecule has 4 aliphatic rings. The van der Waals surface area contributed by atoms with Gasteiger partial charge in [0.1, 0.15) is 23.0 Å². The minimum atomic E-state index is -0.189. The van der Waals surface area contributed by atoms with Gasteiger partial charge >= 0.3 is 0 Å². The zero-order valence-corrected chi connectivity index (χ0v) is 45.2. The van der Waals surface area contributed by atoms with Gasteiger partial charge < -0.3 is 18.6 Å². The lowest BCUT2D eigenvalue weighted by atomic mass is 9.31. The van der Waals surface area contributed by atoms with E-state index in [1.54, 1.807) is 0 Å². The first-order valence-corrected chi connectivity index (χ1v) is 28.8. The summed E-state index contributed by atoms with van der Waals surface area (Å²) in [6.45, 7) is 8.92. The Kier molecular flexibility index (Phi) is 9.79. The second-order valence-corrected chi connectivity index (χ2v) is 23.0. The maximum atomic E-state index is 7.88. The van der Waals surface area contributed by atoms with Crippen LogP contribution in [0.1, 0.15) is 63.5 Å². The molecule has 2 aromatic heterocycles. The normalized spacial score (nSPS) is 13.9. The minimum Gasteiger partial charge on any atom is -0.456 e. The number of fused-ring (bicyclic) bond motifs is 16. The van der Waals surface area contributed by atoms with Gasteiger partial charge in [-0.2, -0.15) is 0 Å². The average Bonchev–Trinajstić information content (AvgIpc) is 2.01. The topological polar surface area (TPSA) is 28.3 Å². The molecule has 0 saturated heterocycles. The molecule has 0 bridgehead atoms. The molecule has 378 valence electrons. The molecule has 11 aromatic carbocycles. The van der Waals surface area contributed by atoms with Crippen LogP contribution in [0.4, 0.5) is 0 Å². The zero-order chi connectivity index (χ0) is 53.1. The summed E-state index contributed by atoms with van der Waals surface area (Å²) in [4.78, 5) is 0. The Morgan fingerprint density at radius 2 is 0.713 bits per heavy atom. The molecule has 4 nitrogen and oxygen atoms in total. The molecule has 6 heterocycles. The van der Waals surface area contributed by atoms with Crippen molar-refractivity contribution in [2.75, 3.05) is 0 Å². The molecule has 0 N–H and O–H groups in total. The van der Waals surface area contributed by atoms with Crippen LogP contribution in [0.3, 0.4) is 0 Å². The summed E-state index contributed by atoms with van der Waals surface area (Å²) >= 11 is 0. The minimum absolute atomic E-state index is 0.189. The second kappa shape index (κ2) is 17.1. The Balaban J connectivity index is 1.07. The summed E-state index contributed by atoms with van der Waals surface area (Å²) in [7, 11) is 0. The second-order valence-electron chi connectivity index (χ2n) is 23.0. The van der Waals surface area contributed by atoms with Crippen LogP contribution >= 0.6 is 0 Å². The van der Waals surface area contributed by atoms with Gasteiger partial charge in [0, 0.05) is 43.5 Å². The van der Waals surface area contributed by atoms with E-state index in [4.69, 9.17) is 9.47 Å². The quantitative estimate of drug-likeness (QED) is 0.142. The van der Waals surface area contributed by atoms with E-state index in [1.165, 1.54) is 110 Å².